The van der Waals surface area contributed by atoms with Gasteiger partial charge in [0.1, 0.15) is 6.10 Å². The molecule has 1 fully saturated rings. The third kappa shape index (κ3) is 1.73. The van der Waals surface area contributed by atoms with E-state index in [-0.39, 0.29) is 0 Å². The zero-order valence-corrected chi connectivity index (χ0v) is 6.01. The zero-order chi connectivity index (χ0) is 7.40. The highest BCUT2D eigenvalue weighted by atomic mass is 16.3. The first-order chi connectivity index (χ1) is 4.84. The summed E-state index contributed by atoms with van der Waals surface area (Å²) in [6.45, 7) is 1.98. The van der Waals surface area contributed by atoms with Crippen LogP contribution in [0.1, 0.15) is 12.8 Å². The molecule has 2 heteroatoms. The Morgan fingerprint density at radius 2 is 2.10 bits per heavy atom. The van der Waals surface area contributed by atoms with Crippen molar-refractivity contribution >= 4 is 0 Å². The van der Waals surface area contributed by atoms with Gasteiger partial charge in [-0.2, -0.15) is 0 Å². The summed E-state index contributed by atoms with van der Waals surface area (Å²) >= 11 is 0. The van der Waals surface area contributed by atoms with Crippen molar-refractivity contribution < 1.29 is 5.11 Å². The molecule has 0 aromatic carbocycles. The van der Waals surface area contributed by atoms with Gasteiger partial charge in [0.25, 0.3) is 0 Å². The van der Waals surface area contributed by atoms with E-state index in [4.69, 9.17) is 6.42 Å². The van der Waals surface area contributed by atoms with Crippen molar-refractivity contribution in [2.45, 2.75) is 18.9 Å². The second-order valence-electron chi connectivity index (χ2n) is 2.70. The number of hydrogen-bond acceptors (Lipinski definition) is 2. The summed E-state index contributed by atoms with van der Waals surface area (Å²) in [5, 5.41) is 12.4. The lowest BCUT2D eigenvalue weighted by atomic mass is 9.93. The summed E-state index contributed by atoms with van der Waals surface area (Å²) in [7, 11) is 0. The minimum atomic E-state index is -0.526. The molecular formula is C8H13NO. The molecule has 0 aromatic heterocycles. The van der Waals surface area contributed by atoms with Gasteiger partial charge in [-0.25, -0.2) is 0 Å². The van der Waals surface area contributed by atoms with E-state index in [2.05, 4.69) is 11.2 Å². The van der Waals surface area contributed by atoms with Crippen LogP contribution in [0.2, 0.25) is 0 Å². The van der Waals surface area contributed by atoms with Crippen molar-refractivity contribution in [3.8, 4) is 12.3 Å². The van der Waals surface area contributed by atoms with Gasteiger partial charge in [-0.1, -0.05) is 5.92 Å². The Hall–Kier alpha value is -0.520. The lowest BCUT2D eigenvalue weighted by molar-refractivity contribution is 0.138. The fourth-order valence-electron chi connectivity index (χ4n) is 1.30. The van der Waals surface area contributed by atoms with Gasteiger partial charge in [-0.05, 0) is 31.8 Å². The third-order valence-corrected chi connectivity index (χ3v) is 2.00. The van der Waals surface area contributed by atoms with E-state index < -0.39 is 6.10 Å². The molecule has 0 aromatic rings. The van der Waals surface area contributed by atoms with E-state index in [9.17, 15) is 5.11 Å². The van der Waals surface area contributed by atoms with Crippen LogP contribution in [0.15, 0.2) is 0 Å². The molecule has 0 bridgehead atoms. The molecule has 1 unspecified atom stereocenters. The number of nitrogens with one attached hydrogen (secondary N) is 1. The van der Waals surface area contributed by atoms with Crippen molar-refractivity contribution in [3.63, 3.8) is 0 Å². The highest BCUT2D eigenvalue weighted by Crippen LogP contribution is 2.15. The van der Waals surface area contributed by atoms with E-state index >= 15 is 0 Å². The first-order valence-electron chi connectivity index (χ1n) is 3.69. The van der Waals surface area contributed by atoms with Gasteiger partial charge in [0.2, 0.25) is 0 Å². The topological polar surface area (TPSA) is 32.3 Å². The van der Waals surface area contributed by atoms with Crippen LogP contribution in [0, 0.1) is 18.3 Å². The van der Waals surface area contributed by atoms with Crippen LogP contribution in [0.4, 0.5) is 0 Å². The molecule has 1 heterocycles. The fourth-order valence-corrected chi connectivity index (χ4v) is 1.30. The molecule has 10 heavy (non-hydrogen) atoms. The van der Waals surface area contributed by atoms with Crippen LogP contribution in [-0.4, -0.2) is 24.3 Å². The molecule has 1 aliphatic heterocycles. The molecule has 1 aliphatic rings. The van der Waals surface area contributed by atoms with Crippen LogP contribution in [-0.2, 0) is 0 Å². The number of aliphatic hydroxyl groups excluding tert-OH is 1. The van der Waals surface area contributed by atoms with Crippen LogP contribution in [0.5, 0.6) is 0 Å². The van der Waals surface area contributed by atoms with Gasteiger partial charge in [0.15, 0.2) is 0 Å². The summed E-state index contributed by atoms with van der Waals surface area (Å²) in [6.07, 6.45) is 6.57. The molecule has 0 radical (unpaired) electrons. The highest BCUT2D eigenvalue weighted by Gasteiger charge is 2.18. The Labute approximate surface area is 61.6 Å². The molecule has 1 atom stereocenters. The maximum absolute atomic E-state index is 9.22. The molecule has 1 saturated heterocycles. The predicted molar refractivity (Wildman–Crippen MR) is 40.4 cm³/mol. The van der Waals surface area contributed by atoms with E-state index in [1.807, 2.05) is 0 Å². The van der Waals surface area contributed by atoms with E-state index in [1.165, 1.54) is 0 Å². The van der Waals surface area contributed by atoms with E-state index in [0.29, 0.717) is 5.92 Å². The Morgan fingerprint density at radius 1 is 1.50 bits per heavy atom. The van der Waals surface area contributed by atoms with Crippen LogP contribution in [0.3, 0.4) is 0 Å². The maximum atomic E-state index is 9.22. The summed E-state index contributed by atoms with van der Waals surface area (Å²) in [5.41, 5.74) is 0. The number of piperidine rings is 1. The summed E-state index contributed by atoms with van der Waals surface area (Å²) in [6, 6.07) is 0. The molecule has 0 aliphatic carbocycles. The van der Waals surface area contributed by atoms with Gasteiger partial charge in [-0.3, -0.25) is 0 Å². The molecule has 0 saturated carbocycles. The normalized spacial score (nSPS) is 23.6. The van der Waals surface area contributed by atoms with Crippen molar-refractivity contribution in [1.82, 2.24) is 5.32 Å². The molecule has 0 spiro atoms. The maximum Gasteiger partial charge on any atom is 0.117 e. The van der Waals surface area contributed by atoms with E-state index in [1.54, 1.807) is 0 Å². The van der Waals surface area contributed by atoms with Crippen molar-refractivity contribution in [2.75, 3.05) is 13.1 Å². The second kappa shape index (κ2) is 3.60. The van der Waals surface area contributed by atoms with E-state index in [0.717, 1.165) is 25.9 Å². The van der Waals surface area contributed by atoms with Gasteiger partial charge in [-0.15, -0.1) is 6.42 Å². The predicted octanol–water partition coefficient (Wildman–Crippen LogP) is -0.0199. The Bertz CT molecular complexity index is 133. The van der Waals surface area contributed by atoms with Gasteiger partial charge >= 0.3 is 0 Å². The molecule has 2 nitrogen and oxygen atoms in total. The van der Waals surface area contributed by atoms with Crippen LogP contribution >= 0.6 is 0 Å². The molecule has 56 valence electrons. The summed E-state index contributed by atoms with van der Waals surface area (Å²) < 4.78 is 0. The zero-order valence-electron chi connectivity index (χ0n) is 6.01. The highest BCUT2D eigenvalue weighted by molar-refractivity contribution is 4.97. The smallest absolute Gasteiger partial charge is 0.117 e. The van der Waals surface area contributed by atoms with Gasteiger partial charge in [0.05, 0.1) is 0 Å². The second-order valence-corrected chi connectivity index (χ2v) is 2.70. The Morgan fingerprint density at radius 3 is 2.60 bits per heavy atom. The molecular weight excluding hydrogens is 126 g/mol. The Balaban J connectivity index is 2.33. The lowest BCUT2D eigenvalue weighted by Crippen LogP contribution is -2.33. The molecule has 1 rings (SSSR count). The van der Waals surface area contributed by atoms with Gasteiger partial charge in [0, 0.05) is 0 Å². The number of hydrogen-bond donors (Lipinski definition) is 2. The van der Waals surface area contributed by atoms with Crippen LogP contribution in [0.25, 0.3) is 0 Å². The fraction of sp³-hybridized carbons (Fsp3) is 0.750. The minimum Gasteiger partial charge on any atom is -0.380 e. The first-order valence-corrected chi connectivity index (χ1v) is 3.69. The SMILES string of the molecule is C#CC(O)C1CCNCC1. The molecule has 2 N–H and O–H groups in total. The summed E-state index contributed by atoms with van der Waals surface area (Å²) in [5.74, 6) is 2.69. The van der Waals surface area contributed by atoms with Gasteiger partial charge < -0.3 is 10.4 Å². The number of aliphatic hydroxyl groups is 1. The average Bonchev–Trinajstić information content (AvgIpc) is 2.05. The minimum absolute atomic E-state index is 0.325. The number of terminal acetylenes is 1. The van der Waals surface area contributed by atoms with Crippen molar-refractivity contribution in [2.24, 2.45) is 5.92 Å². The molecule has 0 amide bonds. The quantitative estimate of drug-likeness (QED) is 0.500. The average molecular weight is 139 g/mol. The largest absolute Gasteiger partial charge is 0.380 e. The number of rotatable bonds is 1. The Kier molecular flexibility index (Phi) is 2.73. The summed E-state index contributed by atoms with van der Waals surface area (Å²) in [4.78, 5) is 0. The third-order valence-electron chi connectivity index (χ3n) is 2.00. The first kappa shape index (κ1) is 7.59. The van der Waals surface area contributed by atoms with Crippen molar-refractivity contribution in [3.05, 3.63) is 0 Å². The van der Waals surface area contributed by atoms with Crippen molar-refractivity contribution in [1.29, 1.82) is 0 Å². The standard InChI is InChI=1S/C8H13NO/c1-2-8(10)7-3-5-9-6-4-7/h1,7-10H,3-6H2. The monoisotopic (exact) mass is 139 g/mol. The lowest BCUT2D eigenvalue weighted by Gasteiger charge is -2.23. The van der Waals surface area contributed by atoms with Crippen LogP contribution < -0.4 is 5.32 Å².